The van der Waals surface area contributed by atoms with E-state index in [9.17, 15) is 0 Å². The quantitative estimate of drug-likeness (QED) is 0.887. The lowest BCUT2D eigenvalue weighted by atomic mass is 9.75. The summed E-state index contributed by atoms with van der Waals surface area (Å²) in [5, 5.41) is 0. The number of piperidine rings is 1. The average molecular weight is 259 g/mol. The third-order valence-corrected chi connectivity index (χ3v) is 4.91. The fourth-order valence-corrected chi connectivity index (χ4v) is 3.66. The van der Waals surface area contributed by atoms with Crippen molar-refractivity contribution in [3.05, 3.63) is 23.9 Å². The molecule has 1 saturated carbocycles. The van der Waals surface area contributed by atoms with E-state index < -0.39 is 0 Å². The Bertz CT molecular complexity index is 413. The van der Waals surface area contributed by atoms with E-state index in [1.165, 1.54) is 45.2 Å². The molecular weight excluding hydrogens is 234 g/mol. The predicted octanol–water partition coefficient (Wildman–Crippen LogP) is 3.12. The van der Waals surface area contributed by atoms with Crippen molar-refractivity contribution < 1.29 is 0 Å². The van der Waals surface area contributed by atoms with Gasteiger partial charge in [0.15, 0.2) is 0 Å². The van der Waals surface area contributed by atoms with E-state index in [0.29, 0.717) is 0 Å². The third kappa shape index (κ3) is 2.76. The maximum atomic E-state index is 5.88. The molecule has 3 unspecified atom stereocenters. The van der Waals surface area contributed by atoms with Gasteiger partial charge >= 0.3 is 0 Å². The van der Waals surface area contributed by atoms with Gasteiger partial charge in [0, 0.05) is 25.3 Å². The SMILES string of the molecule is CC(N)c1ccc(N2CCC3CCCCC3C2)nc1. The first-order chi connectivity index (χ1) is 9.24. The first-order valence-electron chi connectivity index (χ1n) is 7.70. The van der Waals surface area contributed by atoms with Gasteiger partial charge in [0.25, 0.3) is 0 Å². The van der Waals surface area contributed by atoms with Crippen molar-refractivity contribution in [2.45, 2.75) is 45.1 Å². The molecule has 2 heterocycles. The van der Waals surface area contributed by atoms with Crippen molar-refractivity contribution in [1.82, 2.24) is 4.98 Å². The summed E-state index contributed by atoms with van der Waals surface area (Å²) < 4.78 is 0. The van der Waals surface area contributed by atoms with E-state index in [1.807, 2.05) is 13.1 Å². The molecule has 0 aromatic carbocycles. The van der Waals surface area contributed by atoms with Crippen molar-refractivity contribution in [3.63, 3.8) is 0 Å². The van der Waals surface area contributed by atoms with Crippen molar-refractivity contribution >= 4 is 5.82 Å². The molecule has 0 bridgehead atoms. The van der Waals surface area contributed by atoms with Crippen LogP contribution < -0.4 is 10.6 Å². The van der Waals surface area contributed by atoms with Gasteiger partial charge in [-0.2, -0.15) is 0 Å². The topological polar surface area (TPSA) is 42.1 Å². The van der Waals surface area contributed by atoms with Crippen LogP contribution in [-0.4, -0.2) is 18.1 Å². The molecule has 1 aromatic heterocycles. The third-order valence-electron chi connectivity index (χ3n) is 4.91. The Morgan fingerprint density at radius 1 is 1.21 bits per heavy atom. The van der Waals surface area contributed by atoms with Crippen molar-refractivity contribution in [2.75, 3.05) is 18.0 Å². The van der Waals surface area contributed by atoms with Crippen molar-refractivity contribution in [1.29, 1.82) is 0 Å². The van der Waals surface area contributed by atoms with Crippen LogP contribution >= 0.6 is 0 Å². The summed E-state index contributed by atoms with van der Waals surface area (Å²) in [6, 6.07) is 4.34. The predicted molar refractivity (Wildman–Crippen MR) is 79.1 cm³/mol. The molecule has 1 aromatic rings. The van der Waals surface area contributed by atoms with Crippen LogP contribution in [-0.2, 0) is 0 Å². The lowest BCUT2D eigenvalue weighted by Gasteiger charge is -2.41. The minimum Gasteiger partial charge on any atom is -0.356 e. The number of rotatable bonds is 2. The Balaban J connectivity index is 1.69. The molecule has 3 atom stereocenters. The number of pyridine rings is 1. The molecule has 104 valence electrons. The Morgan fingerprint density at radius 3 is 2.68 bits per heavy atom. The van der Waals surface area contributed by atoms with E-state index in [4.69, 9.17) is 5.73 Å². The number of nitrogens with two attached hydrogens (primary N) is 1. The average Bonchev–Trinajstić information content (AvgIpc) is 2.47. The lowest BCUT2D eigenvalue weighted by molar-refractivity contribution is 0.202. The van der Waals surface area contributed by atoms with E-state index in [0.717, 1.165) is 23.2 Å². The molecule has 0 amide bonds. The zero-order valence-corrected chi connectivity index (χ0v) is 11.9. The highest BCUT2D eigenvalue weighted by atomic mass is 15.2. The van der Waals surface area contributed by atoms with Gasteiger partial charge < -0.3 is 10.6 Å². The smallest absolute Gasteiger partial charge is 0.128 e. The fourth-order valence-electron chi connectivity index (χ4n) is 3.66. The lowest BCUT2D eigenvalue weighted by Crippen LogP contribution is -2.42. The first kappa shape index (κ1) is 12.9. The van der Waals surface area contributed by atoms with Gasteiger partial charge in [-0.05, 0) is 43.2 Å². The summed E-state index contributed by atoms with van der Waals surface area (Å²) >= 11 is 0. The molecule has 2 aliphatic rings. The molecule has 2 N–H and O–H groups in total. The van der Waals surface area contributed by atoms with Crippen LogP contribution in [0.5, 0.6) is 0 Å². The number of anilines is 1. The minimum absolute atomic E-state index is 0.0747. The van der Waals surface area contributed by atoms with Gasteiger partial charge in [-0.1, -0.05) is 25.3 Å². The van der Waals surface area contributed by atoms with E-state index in [2.05, 4.69) is 22.0 Å². The van der Waals surface area contributed by atoms with Crippen molar-refractivity contribution in [2.24, 2.45) is 17.6 Å². The van der Waals surface area contributed by atoms with Crippen LogP contribution in [0.3, 0.4) is 0 Å². The van der Waals surface area contributed by atoms with Crippen molar-refractivity contribution in [3.8, 4) is 0 Å². The molecule has 0 spiro atoms. The summed E-state index contributed by atoms with van der Waals surface area (Å²) in [4.78, 5) is 7.08. The normalized spacial score (nSPS) is 28.8. The van der Waals surface area contributed by atoms with Crippen LogP contribution in [0.1, 0.15) is 50.6 Å². The van der Waals surface area contributed by atoms with E-state index in [-0.39, 0.29) is 6.04 Å². The monoisotopic (exact) mass is 259 g/mol. The van der Waals surface area contributed by atoms with E-state index >= 15 is 0 Å². The molecule has 1 aliphatic carbocycles. The minimum atomic E-state index is 0.0747. The molecular formula is C16H25N3. The second-order valence-electron chi connectivity index (χ2n) is 6.28. The van der Waals surface area contributed by atoms with Gasteiger partial charge in [0.05, 0.1) is 0 Å². The highest BCUT2D eigenvalue weighted by Crippen LogP contribution is 2.37. The maximum Gasteiger partial charge on any atom is 0.128 e. The number of aromatic nitrogens is 1. The Labute approximate surface area is 116 Å². The summed E-state index contributed by atoms with van der Waals surface area (Å²) in [5.74, 6) is 3.01. The largest absolute Gasteiger partial charge is 0.356 e. The van der Waals surface area contributed by atoms with Crippen LogP contribution in [0, 0.1) is 11.8 Å². The molecule has 2 fully saturated rings. The second-order valence-corrected chi connectivity index (χ2v) is 6.28. The highest BCUT2D eigenvalue weighted by Gasteiger charge is 2.31. The molecule has 3 rings (SSSR count). The van der Waals surface area contributed by atoms with Gasteiger partial charge in [-0.15, -0.1) is 0 Å². The van der Waals surface area contributed by atoms with Crippen LogP contribution in [0.4, 0.5) is 5.82 Å². The Hall–Kier alpha value is -1.09. The number of fused-ring (bicyclic) bond motifs is 1. The summed E-state index contributed by atoms with van der Waals surface area (Å²) in [5.41, 5.74) is 7.00. The summed E-state index contributed by atoms with van der Waals surface area (Å²) in [6.07, 6.45) is 9.03. The molecule has 19 heavy (non-hydrogen) atoms. The van der Waals surface area contributed by atoms with Crippen LogP contribution in [0.25, 0.3) is 0 Å². The van der Waals surface area contributed by atoms with Gasteiger partial charge in [-0.25, -0.2) is 4.98 Å². The first-order valence-corrected chi connectivity index (χ1v) is 7.70. The van der Waals surface area contributed by atoms with Gasteiger partial charge in [0.2, 0.25) is 0 Å². The standard InChI is InChI=1S/C16H25N3/c1-12(17)14-6-7-16(18-10-14)19-9-8-13-4-2-3-5-15(13)11-19/h6-7,10,12-13,15H,2-5,8-9,11,17H2,1H3. The summed E-state index contributed by atoms with van der Waals surface area (Å²) in [7, 11) is 0. The molecule has 3 nitrogen and oxygen atoms in total. The Morgan fingerprint density at radius 2 is 2.00 bits per heavy atom. The van der Waals surface area contributed by atoms with Crippen LogP contribution in [0.2, 0.25) is 0 Å². The number of nitrogens with zero attached hydrogens (tertiary/aromatic N) is 2. The van der Waals surface area contributed by atoms with E-state index in [1.54, 1.807) is 0 Å². The Kier molecular flexibility index (Phi) is 3.74. The summed E-state index contributed by atoms with van der Waals surface area (Å²) in [6.45, 7) is 4.38. The number of hydrogen-bond donors (Lipinski definition) is 1. The fraction of sp³-hybridized carbons (Fsp3) is 0.688. The zero-order chi connectivity index (χ0) is 13.2. The molecule has 1 aliphatic heterocycles. The maximum absolute atomic E-state index is 5.88. The highest BCUT2D eigenvalue weighted by molar-refractivity contribution is 5.40. The second kappa shape index (κ2) is 5.49. The molecule has 1 saturated heterocycles. The number of hydrogen-bond acceptors (Lipinski definition) is 3. The molecule has 0 radical (unpaired) electrons. The van der Waals surface area contributed by atoms with Gasteiger partial charge in [0.1, 0.15) is 5.82 Å². The zero-order valence-electron chi connectivity index (χ0n) is 11.9. The molecule has 3 heteroatoms. The van der Waals surface area contributed by atoms with Crippen LogP contribution in [0.15, 0.2) is 18.3 Å². The van der Waals surface area contributed by atoms with Gasteiger partial charge in [-0.3, -0.25) is 0 Å².